The number of likely N-dealkylation sites (tertiary alicyclic amines) is 1. The molecule has 8 heteroatoms. The van der Waals surface area contributed by atoms with Crippen LogP contribution < -0.4 is 10.1 Å². The van der Waals surface area contributed by atoms with Gasteiger partial charge in [-0.2, -0.15) is 0 Å². The van der Waals surface area contributed by atoms with Crippen LogP contribution in [0.4, 0.5) is 4.39 Å². The highest BCUT2D eigenvalue weighted by molar-refractivity contribution is 5.81. The molecule has 2 aliphatic rings. The molecule has 2 heterocycles. The summed E-state index contributed by atoms with van der Waals surface area (Å²) in [5.41, 5.74) is 0. The summed E-state index contributed by atoms with van der Waals surface area (Å²) >= 11 is 0. The van der Waals surface area contributed by atoms with Gasteiger partial charge in [-0.25, -0.2) is 4.39 Å². The van der Waals surface area contributed by atoms with Gasteiger partial charge in [0.15, 0.2) is 17.5 Å². The Kier molecular flexibility index (Phi) is 7.69. The number of amides is 1. The van der Waals surface area contributed by atoms with Crippen LogP contribution in [0.2, 0.25) is 0 Å². The number of morpholine rings is 1. The largest absolute Gasteiger partial charge is 0.486 e. The van der Waals surface area contributed by atoms with E-state index in [4.69, 9.17) is 9.47 Å². The quantitative estimate of drug-likeness (QED) is 0.596. The molecule has 29 heavy (non-hydrogen) atoms. The highest BCUT2D eigenvalue weighted by atomic mass is 19.1. The number of ether oxygens (including phenoxy) is 2. The van der Waals surface area contributed by atoms with E-state index in [2.05, 4.69) is 15.2 Å². The summed E-state index contributed by atoms with van der Waals surface area (Å²) in [5, 5.41) is 3.30. The van der Waals surface area contributed by atoms with E-state index in [0.29, 0.717) is 32.8 Å². The minimum atomic E-state index is -0.365. The van der Waals surface area contributed by atoms with Gasteiger partial charge in [-0.05, 0) is 31.9 Å². The van der Waals surface area contributed by atoms with Gasteiger partial charge in [-0.1, -0.05) is 12.1 Å². The van der Waals surface area contributed by atoms with Crippen LogP contribution in [-0.2, 0) is 9.53 Å². The van der Waals surface area contributed by atoms with Gasteiger partial charge in [0.05, 0.1) is 19.8 Å². The molecule has 2 fully saturated rings. The molecule has 0 aromatic heterocycles. The Balaban J connectivity index is 1.44. The molecule has 1 N–H and O–H groups in total. The third-order valence-corrected chi connectivity index (χ3v) is 5.39. The average molecular weight is 407 g/mol. The maximum absolute atomic E-state index is 13.7. The van der Waals surface area contributed by atoms with Crippen molar-refractivity contribution in [2.75, 3.05) is 53.0 Å². The number of hydrogen-bond acceptors (Lipinski definition) is 4. The van der Waals surface area contributed by atoms with Crippen molar-refractivity contribution in [2.24, 2.45) is 10.9 Å². The van der Waals surface area contributed by atoms with Gasteiger partial charge < -0.3 is 24.6 Å². The van der Waals surface area contributed by atoms with Crippen LogP contribution in [-0.4, -0.2) is 80.8 Å². The molecule has 0 bridgehead atoms. The van der Waals surface area contributed by atoms with Gasteiger partial charge >= 0.3 is 0 Å². The molecule has 7 nitrogen and oxygen atoms in total. The zero-order valence-corrected chi connectivity index (χ0v) is 17.3. The summed E-state index contributed by atoms with van der Waals surface area (Å²) < 4.78 is 24.7. The molecular formula is C21H31FN4O3. The number of rotatable bonds is 5. The first-order valence-corrected chi connectivity index (χ1v) is 10.3. The molecule has 1 aromatic rings. The topological polar surface area (TPSA) is 66.4 Å². The van der Waals surface area contributed by atoms with E-state index in [0.717, 1.165) is 31.9 Å². The average Bonchev–Trinajstić information content (AvgIpc) is 2.76. The van der Waals surface area contributed by atoms with Gasteiger partial charge in [0.1, 0.15) is 6.10 Å². The van der Waals surface area contributed by atoms with Crippen LogP contribution in [0.1, 0.15) is 19.8 Å². The van der Waals surface area contributed by atoms with Crippen LogP contribution in [0.5, 0.6) is 5.75 Å². The van der Waals surface area contributed by atoms with Crippen molar-refractivity contribution < 1.29 is 18.7 Å². The van der Waals surface area contributed by atoms with Crippen LogP contribution >= 0.6 is 0 Å². The molecule has 1 aromatic carbocycles. The van der Waals surface area contributed by atoms with Crippen LogP contribution in [0.25, 0.3) is 0 Å². The fraction of sp³-hybridized carbons (Fsp3) is 0.619. The summed E-state index contributed by atoms with van der Waals surface area (Å²) in [6.07, 6.45) is 1.42. The standard InChI is InChI=1S/C21H31FN4O3/c1-16(29-19-6-4-3-5-18(19)22)15-24-21(23-2)26-9-7-17(8-10-26)20(27)25-11-13-28-14-12-25/h3-6,16-17H,7-15H2,1-2H3,(H,23,24). The second kappa shape index (κ2) is 10.4. The number of benzene rings is 1. The van der Waals surface area contributed by atoms with Gasteiger partial charge in [0.2, 0.25) is 5.91 Å². The highest BCUT2D eigenvalue weighted by Crippen LogP contribution is 2.21. The number of nitrogens with one attached hydrogen (secondary N) is 1. The molecule has 1 unspecified atom stereocenters. The Morgan fingerprint density at radius 2 is 1.93 bits per heavy atom. The van der Waals surface area contributed by atoms with E-state index in [1.165, 1.54) is 6.07 Å². The number of para-hydroxylation sites is 1. The number of halogens is 1. The molecule has 1 atom stereocenters. The first-order chi connectivity index (χ1) is 14.1. The lowest BCUT2D eigenvalue weighted by atomic mass is 9.95. The van der Waals surface area contributed by atoms with E-state index in [9.17, 15) is 9.18 Å². The fourth-order valence-corrected chi connectivity index (χ4v) is 3.75. The third kappa shape index (κ3) is 5.82. The van der Waals surface area contributed by atoms with E-state index < -0.39 is 0 Å². The first kappa shape index (κ1) is 21.4. The molecule has 0 saturated carbocycles. The Bertz CT molecular complexity index is 701. The van der Waals surface area contributed by atoms with Crippen molar-refractivity contribution in [3.8, 4) is 5.75 Å². The Labute approximate surface area is 171 Å². The zero-order chi connectivity index (χ0) is 20.6. The minimum Gasteiger partial charge on any atom is -0.486 e. The second-order valence-electron chi connectivity index (χ2n) is 7.49. The lowest BCUT2D eigenvalue weighted by molar-refractivity contribution is -0.140. The number of carbonyl (C=O) groups excluding carboxylic acids is 1. The van der Waals surface area contributed by atoms with Crippen molar-refractivity contribution in [1.29, 1.82) is 0 Å². The number of hydrogen-bond donors (Lipinski definition) is 1. The lowest BCUT2D eigenvalue weighted by Gasteiger charge is -2.37. The smallest absolute Gasteiger partial charge is 0.225 e. The fourth-order valence-electron chi connectivity index (χ4n) is 3.75. The van der Waals surface area contributed by atoms with Crippen molar-refractivity contribution in [2.45, 2.75) is 25.9 Å². The zero-order valence-electron chi connectivity index (χ0n) is 17.3. The normalized spacial score (nSPS) is 19.8. The van der Waals surface area contributed by atoms with E-state index >= 15 is 0 Å². The first-order valence-electron chi connectivity index (χ1n) is 10.3. The Morgan fingerprint density at radius 1 is 1.24 bits per heavy atom. The molecule has 160 valence electrons. The molecule has 3 rings (SSSR count). The summed E-state index contributed by atoms with van der Waals surface area (Å²) in [5.74, 6) is 0.995. The van der Waals surface area contributed by atoms with Crippen molar-refractivity contribution in [3.63, 3.8) is 0 Å². The molecular weight excluding hydrogens is 375 g/mol. The molecule has 0 spiro atoms. The Hall–Kier alpha value is -2.35. The number of aliphatic imine (C=N–C) groups is 1. The SMILES string of the molecule is CN=C(NCC(C)Oc1ccccc1F)N1CCC(C(=O)N2CCOCC2)CC1. The summed E-state index contributed by atoms with van der Waals surface area (Å²) in [4.78, 5) is 21.1. The maximum Gasteiger partial charge on any atom is 0.225 e. The lowest BCUT2D eigenvalue weighted by Crippen LogP contribution is -2.50. The van der Waals surface area contributed by atoms with Gasteiger partial charge in [-0.3, -0.25) is 9.79 Å². The number of nitrogens with zero attached hydrogens (tertiary/aromatic N) is 3. The van der Waals surface area contributed by atoms with E-state index in [1.807, 2.05) is 11.8 Å². The van der Waals surface area contributed by atoms with Gasteiger partial charge in [0, 0.05) is 39.1 Å². The molecule has 0 aliphatic carbocycles. The number of piperidine rings is 1. The molecule has 0 radical (unpaired) electrons. The predicted octanol–water partition coefficient (Wildman–Crippen LogP) is 1.74. The van der Waals surface area contributed by atoms with Crippen molar-refractivity contribution in [1.82, 2.24) is 15.1 Å². The number of guanidine groups is 1. The second-order valence-corrected chi connectivity index (χ2v) is 7.49. The number of carbonyl (C=O) groups is 1. The summed E-state index contributed by atoms with van der Waals surface area (Å²) in [7, 11) is 1.75. The monoisotopic (exact) mass is 406 g/mol. The molecule has 1 amide bonds. The summed E-state index contributed by atoms with van der Waals surface area (Å²) in [6.45, 7) is 6.62. The molecule has 2 saturated heterocycles. The van der Waals surface area contributed by atoms with Crippen molar-refractivity contribution in [3.05, 3.63) is 30.1 Å². The van der Waals surface area contributed by atoms with E-state index in [1.54, 1.807) is 25.2 Å². The van der Waals surface area contributed by atoms with Crippen LogP contribution in [0.3, 0.4) is 0 Å². The van der Waals surface area contributed by atoms with Gasteiger partial charge in [0.25, 0.3) is 0 Å². The third-order valence-electron chi connectivity index (χ3n) is 5.39. The minimum absolute atomic E-state index is 0.0748. The van der Waals surface area contributed by atoms with Crippen molar-refractivity contribution >= 4 is 11.9 Å². The van der Waals surface area contributed by atoms with Crippen LogP contribution in [0, 0.1) is 11.7 Å². The summed E-state index contributed by atoms with van der Waals surface area (Å²) in [6, 6.07) is 6.40. The van der Waals surface area contributed by atoms with Gasteiger partial charge in [-0.15, -0.1) is 0 Å². The predicted molar refractivity (Wildman–Crippen MR) is 110 cm³/mol. The molecule has 2 aliphatic heterocycles. The maximum atomic E-state index is 13.7. The Morgan fingerprint density at radius 3 is 2.59 bits per heavy atom. The van der Waals surface area contributed by atoms with Crippen LogP contribution in [0.15, 0.2) is 29.3 Å². The van der Waals surface area contributed by atoms with E-state index in [-0.39, 0.29) is 29.5 Å². The highest BCUT2D eigenvalue weighted by Gasteiger charge is 2.30.